The highest BCUT2D eigenvalue weighted by atomic mass is 16.5. The molecule has 1 aliphatic rings. The first-order valence-electron chi connectivity index (χ1n) is 4.88. The molecular formula is C12H12O3. The van der Waals surface area contributed by atoms with E-state index in [1.165, 1.54) is 0 Å². The number of ether oxygens (including phenoxy) is 1. The fourth-order valence-electron chi connectivity index (χ4n) is 1.51. The molecule has 0 amide bonds. The zero-order valence-corrected chi connectivity index (χ0v) is 8.17. The van der Waals surface area contributed by atoms with Gasteiger partial charge < -0.3 is 9.84 Å². The molecule has 0 aromatic heterocycles. The Bertz CT molecular complexity index is 370. The summed E-state index contributed by atoms with van der Waals surface area (Å²) in [5.41, 5.74) is 0.535. The summed E-state index contributed by atoms with van der Waals surface area (Å²) in [6.07, 6.45) is 3.03. The van der Waals surface area contributed by atoms with Gasteiger partial charge in [0.2, 0.25) is 0 Å². The van der Waals surface area contributed by atoms with Crippen molar-refractivity contribution in [1.82, 2.24) is 0 Å². The summed E-state index contributed by atoms with van der Waals surface area (Å²) in [6.45, 7) is 0. The quantitative estimate of drug-likeness (QED) is 0.587. The first kappa shape index (κ1) is 9.93. The summed E-state index contributed by atoms with van der Waals surface area (Å²) >= 11 is 0. The molecule has 1 N–H and O–H groups in total. The molecule has 0 fully saturated rings. The molecule has 0 bridgehead atoms. The van der Waals surface area contributed by atoms with Gasteiger partial charge in [0.05, 0.1) is 11.7 Å². The molecule has 15 heavy (non-hydrogen) atoms. The second-order valence-corrected chi connectivity index (χ2v) is 3.50. The van der Waals surface area contributed by atoms with E-state index in [4.69, 9.17) is 4.74 Å². The zero-order chi connectivity index (χ0) is 10.7. The van der Waals surface area contributed by atoms with Crippen molar-refractivity contribution in [3.05, 3.63) is 48.0 Å². The van der Waals surface area contributed by atoms with Crippen LogP contribution in [0.5, 0.6) is 0 Å². The lowest BCUT2D eigenvalue weighted by atomic mass is 10.2. The van der Waals surface area contributed by atoms with Crippen molar-refractivity contribution in [3.8, 4) is 0 Å². The fraction of sp³-hybridized carbons (Fsp3) is 0.250. The largest absolute Gasteiger partial charge is 0.454 e. The van der Waals surface area contributed by atoms with E-state index in [0.717, 1.165) is 0 Å². The lowest BCUT2D eigenvalue weighted by molar-refractivity contribution is 0.0348. The van der Waals surface area contributed by atoms with E-state index in [1.54, 1.807) is 36.4 Å². The van der Waals surface area contributed by atoms with E-state index in [9.17, 15) is 9.90 Å². The molecule has 0 saturated carbocycles. The van der Waals surface area contributed by atoms with Crippen molar-refractivity contribution >= 4 is 5.97 Å². The van der Waals surface area contributed by atoms with Crippen molar-refractivity contribution in [2.45, 2.75) is 18.6 Å². The molecule has 1 aromatic carbocycles. The number of aliphatic hydroxyl groups excluding tert-OH is 1. The number of esters is 1. The molecular weight excluding hydrogens is 192 g/mol. The number of aliphatic hydroxyl groups is 1. The zero-order valence-electron chi connectivity index (χ0n) is 8.17. The van der Waals surface area contributed by atoms with Crippen LogP contribution in [0.3, 0.4) is 0 Å². The highest BCUT2D eigenvalue weighted by molar-refractivity contribution is 5.89. The second-order valence-electron chi connectivity index (χ2n) is 3.50. The Hall–Kier alpha value is -1.61. The summed E-state index contributed by atoms with van der Waals surface area (Å²) in [5.74, 6) is -0.348. The van der Waals surface area contributed by atoms with Crippen LogP contribution < -0.4 is 0 Å². The van der Waals surface area contributed by atoms with Gasteiger partial charge in [0, 0.05) is 6.42 Å². The molecule has 2 rings (SSSR count). The Balaban J connectivity index is 1.96. The Morgan fingerprint density at radius 1 is 1.27 bits per heavy atom. The highest BCUT2D eigenvalue weighted by Crippen LogP contribution is 2.15. The van der Waals surface area contributed by atoms with Gasteiger partial charge in [-0.05, 0) is 18.2 Å². The minimum Gasteiger partial charge on any atom is -0.454 e. The van der Waals surface area contributed by atoms with Crippen molar-refractivity contribution < 1.29 is 14.6 Å². The molecule has 3 heteroatoms. The van der Waals surface area contributed by atoms with E-state index < -0.39 is 6.10 Å². The van der Waals surface area contributed by atoms with Crippen LogP contribution in [0.2, 0.25) is 0 Å². The van der Waals surface area contributed by atoms with Crippen molar-refractivity contribution in [2.75, 3.05) is 0 Å². The SMILES string of the molecule is O=C(O[C@H]1C=C[C@@H](O)C1)c1ccccc1. The standard InChI is InChI=1S/C12H12O3/c13-10-6-7-11(8-10)15-12(14)9-4-2-1-3-5-9/h1-7,10-11,13H,8H2/t10-,11+/m1/s1. The maximum Gasteiger partial charge on any atom is 0.338 e. The fourth-order valence-corrected chi connectivity index (χ4v) is 1.51. The predicted molar refractivity (Wildman–Crippen MR) is 55.4 cm³/mol. The van der Waals surface area contributed by atoms with Gasteiger partial charge in [-0.3, -0.25) is 0 Å². The first-order valence-corrected chi connectivity index (χ1v) is 4.88. The van der Waals surface area contributed by atoms with Gasteiger partial charge in [-0.15, -0.1) is 0 Å². The number of rotatable bonds is 2. The average Bonchev–Trinajstić information content (AvgIpc) is 2.65. The summed E-state index contributed by atoms with van der Waals surface area (Å²) in [4.78, 5) is 11.6. The number of carbonyl (C=O) groups is 1. The van der Waals surface area contributed by atoms with Crippen LogP contribution in [0.4, 0.5) is 0 Å². The van der Waals surface area contributed by atoms with Gasteiger partial charge >= 0.3 is 5.97 Å². The summed E-state index contributed by atoms with van der Waals surface area (Å²) in [7, 11) is 0. The molecule has 0 radical (unpaired) electrons. The van der Waals surface area contributed by atoms with Gasteiger partial charge in [-0.25, -0.2) is 4.79 Å². The summed E-state index contributed by atoms with van der Waals surface area (Å²) in [5, 5.41) is 9.20. The third-order valence-electron chi connectivity index (χ3n) is 2.29. The van der Waals surface area contributed by atoms with Gasteiger partial charge in [0.15, 0.2) is 0 Å². The lowest BCUT2D eigenvalue weighted by Gasteiger charge is -2.10. The van der Waals surface area contributed by atoms with Crippen LogP contribution in [-0.2, 0) is 4.74 Å². The maximum atomic E-state index is 11.6. The monoisotopic (exact) mass is 204 g/mol. The minimum absolute atomic E-state index is 0.298. The predicted octanol–water partition coefficient (Wildman–Crippen LogP) is 1.53. The Kier molecular flexibility index (Phi) is 2.83. The highest BCUT2D eigenvalue weighted by Gasteiger charge is 2.20. The molecule has 3 nitrogen and oxygen atoms in total. The molecule has 0 heterocycles. The third kappa shape index (κ3) is 2.44. The molecule has 0 unspecified atom stereocenters. The van der Waals surface area contributed by atoms with Gasteiger partial charge in [-0.1, -0.05) is 24.3 Å². The maximum absolute atomic E-state index is 11.6. The normalized spacial score (nSPS) is 24.1. The van der Waals surface area contributed by atoms with E-state index in [2.05, 4.69) is 0 Å². The van der Waals surface area contributed by atoms with E-state index in [-0.39, 0.29) is 12.1 Å². The van der Waals surface area contributed by atoms with Crippen molar-refractivity contribution in [2.24, 2.45) is 0 Å². The molecule has 1 aromatic rings. The van der Waals surface area contributed by atoms with Gasteiger partial charge in [0.1, 0.15) is 6.10 Å². The number of hydrogen-bond donors (Lipinski definition) is 1. The molecule has 2 atom stereocenters. The summed E-state index contributed by atoms with van der Waals surface area (Å²) in [6, 6.07) is 8.83. The molecule has 1 aliphatic carbocycles. The van der Waals surface area contributed by atoms with Crippen LogP contribution >= 0.6 is 0 Å². The number of hydrogen-bond acceptors (Lipinski definition) is 3. The smallest absolute Gasteiger partial charge is 0.338 e. The van der Waals surface area contributed by atoms with Crippen LogP contribution in [-0.4, -0.2) is 23.3 Å². The van der Waals surface area contributed by atoms with Crippen LogP contribution in [0.25, 0.3) is 0 Å². The topological polar surface area (TPSA) is 46.5 Å². The van der Waals surface area contributed by atoms with Gasteiger partial charge in [0.25, 0.3) is 0 Å². The molecule has 0 saturated heterocycles. The number of benzene rings is 1. The van der Waals surface area contributed by atoms with E-state index >= 15 is 0 Å². The summed E-state index contributed by atoms with van der Waals surface area (Å²) < 4.78 is 5.18. The molecule has 0 spiro atoms. The second kappa shape index (κ2) is 4.28. The minimum atomic E-state index is -0.487. The third-order valence-corrected chi connectivity index (χ3v) is 2.29. The van der Waals surface area contributed by atoms with Gasteiger partial charge in [-0.2, -0.15) is 0 Å². The Morgan fingerprint density at radius 2 is 2.00 bits per heavy atom. The van der Waals surface area contributed by atoms with Crippen molar-refractivity contribution in [1.29, 1.82) is 0 Å². The van der Waals surface area contributed by atoms with Crippen LogP contribution in [0.1, 0.15) is 16.8 Å². The van der Waals surface area contributed by atoms with Crippen LogP contribution in [0, 0.1) is 0 Å². The van der Waals surface area contributed by atoms with Crippen LogP contribution in [0.15, 0.2) is 42.5 Å². The Morgan fingerprint density at radius 3 is 2.60 bits per heavy atom. The number of carbonyl (C=O) groups excluding carboxylic acids is 1. The van der Waals surface area contributed by atoms with E-state index in [1.807, 2.05) is 6.07 Å². The molecule has 78 valence electrons. The average molecular weight is 204 g/mol. The first-order chi connectivity index (χ1) is 7.25. The molecule has 0 aliphatic heterocycles. The lowest BCUT2D eigenvalue weighted by Crippen LogP contribution is -2.16. The van der Waals surface area contributed by atoms with Crippen molar-refractivity contribution in [3.63, 3.8) is 0 Å². The van der Waals surface area contributed by atoms with E-state index in [0.29, 0.717) is 12.0 Å². The Labute approximate surface area is 88.0 Å².